The number of rotatable bonds is 8. The van der Waals surface area contributed by atoms with Gasteiger partial charge in [0.2, 0.25) is 0 Å². The normalized spacial score (nSPS) is 20.5. The second-order valence-electron chi connectivity index (χ2n) is 8.98. The number of ether oxygens (including phenoxy) is 1. The smallest absolute Gasteiger partial charge is 0.191 e. The second-order valence-corrected chi connectivity index (χ2v) is 8.98. The van der Waals surface area contributed by atoms with Gasteiger partial charge in [0.05, 0.1) is 0 Å². The van der Waals surface area contributed by atoms with E-state index < -0.39 is 0 Å². The highest BCUT2D eigenvalue weighted by molar-refractivity contribution is 14.0. The van der Waals surface area contributed by atoms with Crippen LogP contribution in [0.3, 0.4) is 0 Å². The molecule has 31 heavy (non-hydrogen) atoms. The van der Waals surface area contributed by atoms with Gasteiger partial charge in [-0.05, 0) is 62.1 Å². The number of benzene rings is 1. The molecule has 1 aromatic carbocycles. The lowest BCUT2D eigenvalue weighted by Crippen LogP contribution is -2.48. The predicted molar refractivity (Wildman–Crippen MR) is 135 cm³/mol. The Morgan fingerprint density at radius 1 is 1.06 bits per heavy atom. The molecular formula is C24H39FIN3O2. The Morgan fingerprint density at radius 3 is 2.35 bits per heavy atom. The van der Waals surface area contributed by atoms with E-state index in [1.54, 1.807) is 12.1 Å². The monoisotopic (exact) mass is 547 g/mol. The molecule has 1 heterocycles. The summed E-state index contributed by atoms with van der Waals surface area (Å²) in [6.07, 6.45) is 8.67. The van der Waals surface area contributed by atoms with E-state index in [0.29, 0.717) is 13.2 Å². The fourth-order valence-electron chi connectivity index (χ4n) is 5.00. The molecule has 1 saturated heterocycles. The lowest BCUT2D eigenvalue weighted by molar-refractivity contribution is 0.0513. The van der Waals surface area contributed by atoms with Crippen LogP contribution in [0.5, 0.6) is 0 Å². The van der Waals surface area contributed by atoms with E-state index in [-0.39, 0.29) is 47.2 Å². The number of hydrogen-bond acceptors (Lipinski definition) is 3. The van der Waals surface area contributed by atoms with Crippen molar-refractivity contribution in [2.24, 2.45) is 10.4 Å². The summed E-state index contributed by atoms with van der Waals surface area (Å²) in [6, 6.07) is 6.91. The minimum absolute atomic E-state index is 0. The van der Waals surface area contributed by atoms with E-state index >= 15 is 0 Å². The maximum absolute atomic E-state index is 13.5. The van der Waals surface area contributed by atoms with Gasteiger partial charge in [-0.2, -0.15) is 0 Å². The molecule has 1 aromatic rings. The minimum atomic E-state index is -0.203. The van der Waals surface area contributed by atoms with Crippen molar-refractivity contribution in [2.45, 2.75) is 63.7 Å². The van der Waals surface area contributed by atoms with Crippen molar-refractivity contribution < 1.29 is 14.2 Å². The molecule has 0 bridgehead atoms. The van der Waals surface area contributed by atoms with Crippen LogP contribution in [0.25, 0.3) is 0 Å². The third-order valence-corrected chi connectivity index (χ3v) is 6.97. The Labute approximate surface area is 203 Å². The summed E-state index contributed by atoms with van der Waals surface area (Å²) in [5.74, 6) is 0.624. The van der Waals surface area contributed by atoms with Crippen molar-refractivity contribution in [1.29, 1.82) is 0 Å². The van der Waals surface area contributed by atoms with E-state index in [4.69, 9.17) is 9.73 Å². The Balaban J connectivity index is 0.00000341. The fraction of sp³-hybridized carbons (Fsp3) is 0.708. The van der Waals surface area contributed by atoms with Crippen molar-refractivity contribution in [1.82, 2.24) is 10.6 Å². The first-order valence-electron chi connectivity index (χ1n) is 11.6. The third-order valence-electron chi connectivity index (χ3n) is 6.97. The molecule has 5 nitrogen and oxygen atoms in total. The van der Waals surface area contributed by atoms with E-state index in [2.05, 4.69) is 17.6 Å². The van der Waals surface area contributed by atoms with Crippen LogP contribution in [-0.4, -0.2) is 50.5 Å². The number of hydrogen-bond donors (Lipinski definition) is 3. The first-order chi connectivity index (χ1) is 14.6. The van der Waals surface area contributed by atoms with E-state index in [9.17, 15) is 9.50 Å². The molecule has 1 aliphatic carbocycles. The zero-order chi connectivity index (χ0) is 21.3. The van der Waals surface area contributed by atoms with E-state index in [1.165, 1.54) is 19.3 Å². The molecular weight excluding hydrogens is 508 g/mol. The highest BCUT2D eigenvalue weighted by Crippen LogP contribution is 2.39. The average Bonchev–Trinajstić information content (AvgIpc) is 2.78. The van der Waals surface area contributed by atoms with Crippen LogP contribution >= 0.6 is 24.0 Å². The molecule has 1 aliphatic heterocycles. The SMILES string of the molecule is CCNC(=NCC1(CCO)CCCCC1)NCC1(c2ccc(F)cc2)CCOCC1.I. The van der Waals surface area contributed by atoms with Gasteiger partial charge in [0.25, 0.3) is 0 Å². The second kappa shape index (κ2) is 12.9. The van der Waals surface area contributed by atoms with Gasteiger partial charge in [-0.3, -0.25) is 4.99 Å². The van der Waals surface area contributed by atoms with Gasteiger partial charge >= 0.3 is 0 Å². The van der Waals surface area contributed by atoms with Crippen molar-refractivity contribution in [3.05, 3.63) is 35.6 Å². The quantitative estimate of drug-likeness (QED) is 0.257. The molecule has 0 atom stereocenters. The minimum Gasteiger partial charge on any atom is -0.396 e. The van der Waals surface area contributed by atoms with Crippen LogP contribution in [0, 0.1) is 11.2 Å². The first kappa shape index (κ1) is 26.3. The van der Waals surface area contributed by atoms with Crippen LogP contribution < -0.4 is 10.6 Å². The van der Waals surface area contributed by atoms with Crippen LogP contribution in [0.4, 0.5) is 4.39 Å². The number of nitrogens with zero attached hydrogens (tertiary/aromatic N) is 1. The highest BCUT2D eigenvalue weighted by Gasteiger charge is 2.35. The number of nitrogens with one attached hydrogen (secondary N) is 2. The van der Waals surface area contributed by atoms with Gasteiger partial charge in [-0.25, -0.2) is 4.39 Å². The zero-order valence-corrected chi connectivity index (χ0v) is 21.1. The lowest BCUT2D eigenvalue weighted by Gasteiger charge is -2.38. The Morgan fingerprint density at radius 2 is 1.74 bits per heavy atom. The van der Waals surface area contributed by atoms with E-state index in [1.807, 2.05) is 12.1 Å². The largest absolute Gasteiger partial charge is 0.396 e. The Kier molecular flexibility index (Phi) is 11.0. The summed E-state index contributed by atoms with van der Waals surface area (Å²) >= 11 is 0. The van der Waals surface area contributed by atoms with Gasteiger partial charge in [-0.1, -0.05) is 31.4 Å². The molecule has 2 aliphatic rings. The summed E-state index contributed by atoms with van der Waals surface area (Å²) in [5.41, 5.74) is 1.19. The lowest BCUT2D eigenvalue weighted by atomic mass is 9.72. The fourth-order valence-corrected chi connectivity index (χ4v) is 5.00. The number of aliphatic imine (C=N–C) groups is 1. The number of aliphatic hydroxyl groups is 1. The third kappa shape index (κ3) is 7.29. The predicted octanol–water partition coefficient (Wildman–Crippen LogP) is 4.38. The van der Waals surface area contributed by atoms with Gasteiger partial charge in [0.1, 0.15) is 5.82 Å². The van der Waals surface area contributed by atoms with Gasteiger partial charge in [0.15, 0.2) is 5.96 Å². The number of aliphatic hydroxyl groups excluding tert-OH is 1. The molecule has 3 N–H and O–H groups in total. The molecule has 3 rings (SSSR count). The van der Waals surface area contributed by atoms with Gasteiger partial charge in [-0.15, -0.1) is 24.0 Å². The number of halogens is 2. The molecule has 0 spiro atoms. The molecule has 7 heteroatoms. The molecule has 2 fully saturated rings. The molecule has 1 saturated carbocycles. The molecule has 0 amide bonds. The van der Waals surface area contributed by atoms with Crippen LogP contribution in [0.2, 0.25) is 0 Å². The first-order valence-corrected chi connectivity index (χ1v) is 11.6. The van der Waals surface area contributed by atoms with Crippen molar-refractivity contribution in [2.75, 3.05) is 39.5 Å². The molecule has 0 radical (unpaired) electrons. The molecule has 0 aromatic heterocycles. The van der Waals surface area contributed by atoms with E-state index in [0.717, 1.165) is 63.3 Å². The number of guanidine groups is 1. The van der Waals surface area contributed by atoms with Gasteiger partial charge < -0.3 is 20.5 Å². The maximum Gasteiger partial charge on any atom is 0.191 e. The Bertz CT molecular complexity index is 666. The topological polar surface area (TPSA) is 65.9 Å². The van der Waals surface area contributed by atoms with Crippen molar-refractivity contribution in [3.63, 3.8) is 0 Å². The molecule has 0 unspecified atom stereocenters. The summed E-state index contributed by atoms with van der Waals surface area (Å²) in [7, 11) is 0. The van der Waals surface area contributed by atoms with Crippen LogP contribution in [-0.2, 0) is 10.2 Å². The Hall–Kier alpha value is -0.930. The summed E-state index contributed by atoms with van der Waals surface area (Å²) in [4.78, 5) is 4.94. The van der Waals surface area contributed by atoms with Crippen LogP contribution in [0.15, 0.2) is 29.3 Å². The summed E-state index contributed by atoms with van der Waals surface area (Å²) in [6.45, 7) is 6.01. The van der Waals surface area contributed by atoms with Crippen molar-refractivity contribution in [3.8, 4) is 0 Å². The average molecular weight is 547 g/mol. The maximum atomic E-state index is 13.5. The molecule has 176 valence electrons. The van der Waals surface area contributed by atoms with Gasteiger partial charge in [0, 0.05) is 44.9 Å². The van der Waals surface area contributed by atoms with Crippen molar-refractivity contribution >= 4 is 29.9 Å². The summed E-state index contributed by atoms with van der Waals surface area (Å²) in [5, 5.41) is 16.5. The summed E-state index contributed by atoms with van der Waals surface area (Å²) < 4.78 is 19.1. The van der Waals surface area contributed by atoms with Crippen LogP contribution in [0.1, 0.15) is 63.9 Å². The standard InChI is InChI=1S/C24H38FN3O2.HI/c1-2-26-22(27-18-23(12-15-29)10-4-3-5-11-23)28-19-24(13-16-30-17-14-24)20-6-8-21(25)9-7-20;/h6-9,29H,2-5,10-19H2,1H3,(H2,26,27,28);1H. The zero-order valence-electron chi connectivity index (χ0n) is 18.8. The highest BCUT2D eigenvalue weighted by atomic mass is 127.